The molecule has 2 aromatic carbocycles. The van der Waals surface area contributed by atoms with Crippen molar-refractivity contribution in [3.63, 3.8) is 0 Å². The van der Waals surface area contributed by atoms with Crippen molar-refractivity contribution in [3.05, 3.63) is 59.2 Å². The third kappa shape index (κ3) is 10.0. The Labute approximate surface area is 206 Å². The first kappa shape index (κ1) is 28.7. The average Bonchev–Trinajstić information content (AvgIpc) is 2.77. The van der Waals surface area contributed by atoms with Crippen LogP contribution in [-0.4, -0.2) is 53.9 Å². The number of carbonyl (C=O) groups is 2. The maximum atomic E-state index is 11.4. The lowest BCUT2D eigenvalue weighted by atomic mass is 10.1. The highest BCUT2D eigenvalue weighted by molar-refractivity contribution is 6.18. The lowest BCUT2D eigenvalue weighted by Crippen LogP contribution is -2.32. The lowest BCUT2D eigenvalue weighted by Gasteiger charge is -2.23. The number of carboxylic acid groups (broad SMARTS) is 1. The van der Waals surface area contributed by atoms with E-state index in [4.69, 9.17) is 39.8 Å². The van der Waals surface area contributed by atoms with Gasteiger partial charge in [0.2, 0.25) is 5.91 Å². The Morgan fingerprint density at radius 3 is 1.94 bits per heavy atom. The summed E-state index contributed by atoms with van der Waals surface area (Å²) in [5, 5.41) is 11.6. The first-order valence-corrected chi connectivity index (χ1v) is 11.7. The molecule has 0 aliphatic heterocycles. The van der Waals surface area contributed by atoms with Crippen molar-refractivity contribution in [1.29, 1.82) is 0 Å². The van der Waals surface area contributed by atoms with Crippen molar-refractivity contribution in [3.8, 4) is 0 Å². The second kappa shape index (κ2) is 14.8. The van der Waals surface area contributed by atoms with E-state index in [0.29, 0.717) is 18.2 Å². The van der Waals surface area contributed by atoms with Gasteiger partial charge in [0.05, 0.1) is 6.04 Å². The van der Waals surface area contributed by atoms with Crippen LogP contribution < -0.4 is 21.7 Å². The third-order valence-electron chi connectivity index (χ3n) is 4.93. The zero-order valence-corrected chi connectivity index (χ0v) is 20.9. The number of rotatable bonds is 10. The van der Waals surface area contributed by atoms with E-state index in [-0.39, 0.29) is 5.91 Å². The maximum absolute atomic E-state index is 11.4. The predicted molar refractivity (Wildman–Crippen MR) is 138 cm³/mol. The molecule has 0 aliphatic carbocycles. The Bertz CT molecular complexity index is 866. The van der Waals surface area contributed by atoms with E-state index in [1.807, 2.05) is 56.3 Å². The molecule has 0 radical (unpaired) electrons. The number of hydrogen-bond donors (Lipinski definition) is 4. The van der Waals surface area contributed by atoms with Crippen molar-refractivity contribution in [2.75, 3.05) is 35.1 Å². The first-order chi connectivity index (χ1) is 15.6. The van der Waals surface area contributed by atoms with E-state index in [1.165, 1.54) is 0 Å². The van der Waals surface area contributed by atoms with Crippen molar-refractivity contribution in [2.45, 2.75) is 39.3 Å². The van der Waals surface area contributed by atoms with E-state index in [2.05, 4.69) is 10.2 Å². The van der Waals surface area contributed by atoms with Gasteiger partial charge in [-0.05, 0) is 56.0 Å². The normalized spacial score (nSPS) is 12.2. The highest BCUT2D eigenvalue weighted by Gasteiger charge is 2.13. The Morgan fingerprint density at radius 1 is 1.00 bits per heavy atom. The molecule has 0 heterocycles. The summed E-state index contributed by atoms with van der Waals surface area (Å²) in [6.07, 6.45) is 0.320. The number of amides is 1. The molecule has 0 spiro atoms. The smallest absolute Gasteiger partial charge is 0.320 e. The fourth-order valence-corrected chi connectivity index (χ4v) is 3.41. The van der Waals surface area contributed by atoms with Gasteiger partial charge < -0.3 is 26.8 Å². The molecule has 0 aromatic heterocycles. The molecule has 9 heteroatoms. The van der Waals surface area contributed by atoms with Gasteiger partial charge in [0.15, 0.2) is 0 Å². The molecular formula is C24H34Cl2N4O3. The molecule has 0 aliphatic rings. The molecule has 0 fully saturated rings. The minimum absolute atomic E-state index is 0.151. The van der Waals surface area contributed by atoms with Crippen LogP contribution in [0, 0.1) is 13.8 Å². The standard InChI is InChI=1S/C13H18Cl2N2O2.C11H16N2O/c14-5-7-17(8-6-15)11-3-1-10(2-4-11)9-12(16)13(18)19;1-7-5-4-6-8(2)10(7)13-11(14)9(3)12/h1-4,12H,5-9,16H2,(H,18,19);4-6,9H,12H2,1-3H3,(H,13,14)/t12-;/m0./s1. The Kier molecular flexibility index (Phi) is 12.8. The molecule has 0 bridgehead atoms. The van der Waals surface area contributed by atoms with Crippen LogP contribution in [0.15, 0.2) is 42.5 Å². The van der Waals surface area contributed by atoms with Crippen molar-refractivity contribution in [1.82, 2.24) is 0 Å². The van der Waals surface area contributed by atoms with Gasteiger partial charge in [0.1, 0.15) is 6.04 Å². The van der Waals surface area contributed by atoms with Crippen LogP contribution in [0.25, 0.3) is 0 Å². The highest BCUT2D eigenvalue weighted by atomic mass is 35.5. The number of carbonyl (C=O) groups excluding carboxylic acids is 1. The van der Waals surface area contributed by atoms with Gasteiger partial charge >= 0.3 is 5.97 Å². The summed E-state index contributed by atoms with van der Waals surface area (Å²) in [6.45, 7) is 7.04. The molecular weight excluding hydrogens is 463 g/mol. The Morgan fingerprint density at radius 2 is 1.52 bits per heavy atom. The zero-order chi connectivity index (χ0) is 25.0. The van der Waals surface area contributed by atoms with Crippen LogP contribution in [0.2, 0.25) is 0 Å². The minimum Gasteiger partial charge on any atom is -0.480 e. The molecule has 7 nitrogen and oxygen atoms in total. The van der Waals surface area contributed by atoms with E-state index >= 15 is 0 Å². The van der Waals surface area contributed by atoms with E-state index in [0.717, 1.165) is 41.2 Å². The number of aryl methyl sites for hydroxylation is 2. The number of hydrogen-bond acceptors (Lipinski definition) is 5. The minimum atomic E-state index is -0.991. The van der Waals surface area contributed by atoms with Crippen LogP contribution in [0.4, 0.5) is 11.4 Å². The number of carboxylic acids is 1. The predicted octanol–water partition coefficient (Wildman–Crippen LogP) is 3.51. The van der Waals surface area contributed by atoms with E-state index in [9.17, 15) is 9.59 Å². The molecule has 33 heavy (non-hydrogen) atoms. The maximum Gasteiger partial charge on any atom is 0.320 e. The fourth-order valence-electron chi connectivity index (χ4n) is 3.01. The van der Waals surface area contributed by atoms with Gasteiger partial charge in [0, 0.05) is 36.2 Å². The van der Waals surface area contributed by atoms with Gasteiger partial charge in [-0.2, -0.15) is 0 Å². The van der Waals surface area contributed by atoms with Crippen molar-refractivity contribution in [2.24, 2.45) is 11.5 Å². The molecule has 1 amide bonds. The summed E-state index contributed by atoms with van der Waals surface area (Å²) >= 11 is 11.5. The molecule has 182 valence electrons. The largest absolute Gasteiger partial charge is 0.480 e. The highest BCUT2D eigenvalue weighted by Crippen LogP contribution is 2.19. The summed E-state index contributed by atoms with van der Waals surface area (Å²) in [5.74, 6) is -0.0807. The summed E-state index contributed by atoms with van der Waals surface area (Å²) in [6, 6.07) is 12.2. The van der Waals surface area contributed by atoms with Gasteiger partial charge in [-0.1, -0.05) is 30.3 Å². The van der Waals surface area contributed by atoms with E-state index < -0.39 is 18.1 Å². The van der Waals surface area contributed by atoms with Crippen LogP contribution in [0.5, 0.6) is 0 Å². The number of para-hydroxylation sites is 1. The molecule has 2 aromatic rings. The summed E-state index contributed by atoms with van der Waals surface area (Å²) in [7, 11) is 0. The third-order valence-corrected chi connectivity index (χ3v) is 5.26. The van der Waals surface area contributed by atoms with Crippen LogP contribution >= 0.6 is 23.2 Å². The number of nitrogens with zero attached hydrogens (tertiary/aromatic N) is 1. The molecule has 0 saturated heterocycles. The van der Waals surface area contributed by atoms with Crippen LogP contribution in [-0.2, 0) is 16.0 Å². The summed E-state index contributed by atoms with van der Waals surface area (Å²) in [4.78, 5) is 24.2. The van der Waals surface area contributed by atoms with E-state index in [1.54, 1.807) is 6.92 Å². The average molecular weight is 497 g/mol. The van der Waals surface area contributed by atoms with Crippen LogP contribution in [0.3, 0.4) is 0 Å². The molecule has 6 N–H and O–H groups in total. The molecule has 2 rings (SSSR count). The SMILES string of the molecule is Cc1cccc(C)c1NC(=O)C(C)N.N[C@@H](Cc1ccc(N(CCCl)CCCl)cc1)C(=O)O. The molecule has 1 unspecified atom stereocenters. The molecule has 0 saturated carbocycles. The van der Waals surface area contributed by atoms with Gasteiger partial charge in [-0.25, -0.2) is 0 Å². The van der Waals surface area contributed by atoms with Crippen molar-refractivity contribution < 1.29 is 14.7 Å². The second-order valence-electron chi connectivity index (χ2n) is 7.73. The summed E-state index contributed by atoms with van der Waals surface area (Å²) in [5.41, 5.74) is 15.9. The number of nitrogens with one attached hydrogen (secondary N) is 1. The number of anilines is 2. The van der Waals surface area contributed by atoms with Crippen LogP contribution in [0.1, 0.15) is 23.6 Å². The first-order valence-electron chi connectivity index (χ1n) is 10.7. The Hall–Kier alpha value is -2.32. The number of benzene rings is 2. The number of nitrogens with two attached hydrogens (primary N) is 2. The zero-order valence-electron chi connectivity index (χ0n) is 19.4. The monoisotopic (exact) mass is 496 g/mol. The quantitative estimate of drug-likeness (QED) is 0.373. The molecule has 2 atom stereocenters. The topological polar surface area (TPSA) is 122 Å². The Balaban J connectivity index is 0.000000346. The van der Waals surface area contributed by atoms with Gasteiger partial charge in [-0.15, -0.1) is 23.2 Å². The number of alkyl halides is 2. The van der Waals surface area contributed by atoms with Gasteiger partial charge in [-0.3, -0.25) is 9.59 Å². The van der Waals surface area contributed by atoms with Gasteiger partial charge in [0.25, 0.3) is 0 Å². The lowest BCUT2D eigenvalue weighted by molar-refractivity contribution is -0.138. The number of halogens is 2. The fraction of sp³-hybridized carbons (Fsp3) is 0.417. The second-order valence-corrected chi connectivity index (χ2v) is 8.48. The van der Waals surface area contributed by atoms with Crippen molar-refractivity contribution >= 4 is 46.5 Å². The number of aliphatic carboxylic acids is 1. The summed E-state index contributed by atoms with van der Waals surface area (Å²) < 4.78 is 0.